The molecule has 1 aliphatic carbocycles. The average Bonchev–Trinajstić information content (AvgIpc) is 2.92. The first-order valence-electron chi connectivity index (χ1n) is 7.30. The maximum absolute atomic E-state index is 6.79. The van der Waals surface area contributed by atoms with Crippen LogP contribution in [0.1, 0.15) is 56.9 Å². The smallest absolute Gasteiger partial charge is 0.139 e. The Bertz CT molecular complexity index is 467. The van der Waals surface area contributed by atoms with Crippen LogP contribution in [0.5, 0.6) is 5.75 Å². The van der Waals surface area contributed by atoms with Gasteiger partial charge in [-0.15, -0.1) is 11.6 Å². The molecule has 0 aromatic heterocycles. The second-order valence-electron chi connectivity index (χ2n) is 5.52. The molecule has 1 unspecified atom stereocenters. The topological polar surface area (TPSA) is 9.23 Å². The molecular formula is C16H21Cl3O. The third kappa shape index (κ3) is 3.05. The molecule has 1 saturated carbocycles. The molecule has 1 fully saturated rings. The second-order valence-corrected chi connectivity index (χ2v) is 6.77. The summed E-state index contributed by atoms with van der Waals surface area (Å²) in [6.45, 7) is 4.70. The van der Waals surface area contributed by atoms with Gasteiger partial charge in [-0.3, -0.25) is 0 Å². The Morgan fingerprint density at radius 2 is 1.80 bits per heavy atom. The van der Waals surface area contributed by atoms with E-state index in [9.17, 15) is 0 Å². The Hall–Kier alpha value is -0.110. The maximum Gasteiger partial charge on any atom is 0.139 e. The summed E-state index contributed by atoms with van der Waals surface area (Å²) in [5.74, 6) is 0.628. The van der Waals surface area contributed by atoms with Crippen molar-refractivity contribution >= 4 is 34.8 Å². The van der Waals surface area contributed by atoms with E-state index in [2.05, 4.69) is 6.92 Å². The summed E-state index contributed by atoms with van der Waals surface area (Å²) in [5, 5.41) is 1.15. The van der Waals surface area contributed by atoms with Crippen molar-refractivity contribution in [3.8, 4) is 5.75 Å². The Labute approximate surface area is 136 Å². The van der Waals surface area contributed by atoms with Gasteiger partial charge in [0.2, 0.25) is 0 Å². The molecule has 0 spiro atoms. The van der Waals surface area contributed by atoms with Crippen molar-refractivity contribution in [3.63, 3.8) is 0 Å². The van der Waals surface area contributed by atoms with Crippen molar-refractivity contribution < 1.29 is 4.74 Å². The van der Waals surface area contributed by atoms with Crippen molar-refractivity contribution in [2.24, 2.45) is 5.41 Å². The molecule has 0 N–H and O–H groups in total. The first kappa shape index (κ1) is 16.3. The van der Waals surface area contributed by atoms with E-state index in [0.717, 1.165) is 12.0 Å². The quantitative estimate of drug-likeness (QED) is 0.548. The third-order valence-corrected chi connectivity index (χ3v) is 5.79. The SMILES string of the molecule is CCOc1cc(Cl)c(C(Cl)C2(CC)CCCC2)cc1Cl. The number of alkyl halides is 1. The summed E-state index contributed by atoms with van der Waals surface area (Å²) >= 11 is 19.5. The Balaban J connectivity index is 2.34. The second kappa shape index (κ2) is 6.77. The number of halogens is 3. The van der Waals surface area contributed by atoms with Gasteiger partial charge in [-0.25, -0.2) is 0 Å². The van der Waals surface area contributed by atoms with Crippen LogP contribution in [0.15, 0.2) is 12.1 Å². The van der Waals surface area contributed by atoms with Crippen LogP contribution in [0.25, 0.3) is 0 Å². The van der Waals surface area contributed by atoms with E-state index in [-0.39, 0.29) is 10.8 Å². The fourth-order valence-electron chi connectivity index (χ4n) is 3.20. The number of hydrogen-bond acceptors (Lipinski definition) is 1. The summed E-state index contributed by atoms with van der Waals surface area (Å²) in [5.41, 5.74) is 1.09. The summed E-state index contributed by atoms with van der Waals surface area (Å²) in [7, 11) is 0. The van der Waals surface area contributed by atoms with Gasteiger partial charge in [-0.05, 0) is 43.2 Å². The van der Waals surface area contributed by atoms with Gasteiger partial charge in [0.15, 0.2) is 0 Å². The predicted octanol–water partition coefficient (Wildman–Crippen LogP) is 6.64. The molecule has 0 aliphatic heterocycles. The monoisotopic (exact) mass is 334 g/mol. The minimum Gasteiger partial charge on any atom is -0.492 e. The molecule has 0 heterocycles. The molecule has 0 bridgehead atoms. The molecule has 1 nitrogen and oxygen atoms in total. The zero-order valence-electron chi connectivity index (χ0n) is 12.0. The number of benzene rings is 1. The lowest BCUT2D eigenvalue weighted by Gasteiger charge is -2.33. The molecule has 1 aromatic rings. The summed E-state index contributed by atoms with van der Waals surface area (Å²) in [6, 6.07) is 3.67. The maximum atomic E-state index is 6.79. The largest absolute Gasteiger partial charge is 0.492 e. The number of ether oxygens (including phenoxy) is 1. The highest BCUT2D eigenvalue weighted by Gasteiger charge is 2.40. The van der Waals surface area contributed by atoms with E-state index in [1.165, 1.54) is 25.7 Å². The molecule has 0 radical (unpaired) electrons. The van der Waals surface area contributed by atoms with Gasteiger partial charge in [0, 0.05) is 11.1 Å². The van der Waals surface area contributed by atoms with E-state index < -0.39 is 0 Å². The van der Waals surface area contributed by atoms with Crippen LogP contribution >= 0.6 is 34.8 Å². The summed E-state index contributed by atoms with van der Waals surface area (Å²) < 4.78 is 5.47. The van der Waals surface area contributed by atoms with Gasteiger partial charge in [0.05, 0.1) is 17.0 Å². The first-order chi connectivity index (χ1) is 9.54. The van der Waals surface area contributed by atoms with Gasteiger partial charge < -0.3 is 4.74 Å². The van der Waals surface area contributed by atoms with E-state index in [4.69, 9.17) is 39.5 Å². The molecule has 0 saturated heterocycles. The van der Waals surface area contributed by atoms with E-state index >= 15 is 0 Å². The van der Waals surface area contributed by atoms with Crippen LogP contribution in [0.3, 0.4) is 0 Å². The van der Waals surface area contributed by atoms with Gasteiger partial charge in [-0.1, -0.05) is 43.0 Å². The van der Waals surface area contributed by atoms with Gasteiger partial charge in [-0.2, -0.15) is 0 Å². The minimum absolute atomic E-state index is 0.0873. The van der Waals surface area contributed by atoms with Crippen LogP contribution < -0.4 is 4.74 Å². The molecule has 1 aliphatic rings. The first-order valence-corrected chi connectivity index (χ1v) is 8.49. The van der Waals surface area contributed by atoms with Crippen LogP contribution in [0.4, 0.5) is 0 Å². The van der Waals surface area contributed by atoms with Gasteiger partial charge in [0.1, 0.15) is 5.75 Å². The van der Waals surface area contributed by atoms with Crippen molar-refractivity contribution in [2.45, 2.75) is 51.3 Å². The Morgan fingerprint density at radius 1 is 1.15 bits per heavy atom. The summed E-state index contributed by atoms with van der Waals surface area (Å²) in [6.07, 6.45) is 5.90. The van der Waals surface area contributed by atoms with Crippen LogP contribution in [-0.2, 0) is 0 Å². The molecular weight excluding hydrogens is 315 g/mol. The zero-order chi connectivity index (χ0) is 14.8. The molecule has 2 rings (SSSR count). The van der Waals surface area contributed by atoms with E-state index in [1.54, 1.807) is 6.07 Å². The van der Waals surface area contributed by atoms with E-state index in [1.807, 2.05) is 13.0 Å². The third-order valence-electron chi connectivity index (χ3n) is 4.47. The lowest BCUT2D eigenvalue weighted by Crippen LogP contribution is -2.21. The van der Waals surface area contributed by atoms with Crippen molar-refractivity contribution in [3.05, 3.63) is 27.7 Å². The fraction of sp³-hybridized carbons (Fsp3) is 0.625. The van der Waals surface area contributed by atoms with Crippen LogP contribution in [0, 0.1) is 5.41 Å². The molecule has 20 heavy (non-hydrogen) atoms. The summed E-state index contributed by atoms with van der Waals surface area (Å²) in [4.78, 5) is 0. The molecule has 112 valence electrons. The normalized spacial score (nSPS) is 19.1. The Morgan fingerprint density at radius 3 is 2.35 bits per heavy atom. The molecule has 1 atom stereocenters. The molecule has 0 amide bonds. The lowest BCUT2D eigenvalue weighted by molar-refractivity contribution is 0.271. The van der Waals surface area contributed by atoms with Gasteiger partial charge >= 0.3 is 0 Å². The van der Waals surface area contributed by atoms with Gasteiger partial charge in [0.25, 0.3) is 0 Å². The standard InChI is InChI=1S/C16H21Cl3O/c1-3-16(7-5-6-8-16)15(19)11-9-13(18)14(20-4-2)10-12(11)17/h9-10,15H,3-8H2,1-2H3. The number of rotatable bonds is 5. The van der Waals surface area contributed by atoms with Crippen LogP contribution in [0.2, 0.25) is 10.0 Å². The molecule has 4 heteroatoms. The van der Waals surface area contributed by atoms with Crippen molar-refractivity contribution in [2.75, 3.05) is 6.61 Å². The molecule has 1 aromatic carbocycles. The minimum atomic E-state index is -0.0873. The highest BCUT2D eigenvalue weighted by molar-refractivity contribution is 6.35. The highest BCUT2D eigenvalue weighted by Crippen LogP contribution is 2.55. The highest BCUT2D eigenvalue weighted by atomic mass is 35.5. The fourth-order valence-corrected chi connectivity index (χ4v) is 4.30. The zero-order valence-corrected chi connectivity index (χ0v) is 14.3. The predicted molar refractivity (Wildman–Crippen MR) is 87.4 cm³/mol. The van der Waals surface area contributed by atoms with Crippen LogP contribution in [-0.4, -0.2) is 6.61 Å². The van der Waals surface area contributed by atoms with E-state index in [0.29, 0.717) is 22.4 Å². The Kier molecular flexibility index (Phi) is 5.50. The van der Waals surface area contributed by atoms with Crippen molar-refractivity contribution in [1.29, 1.82) is 0 Å². The van der Waals surface area contributed by atoms with Crippen molar-refractivity contribution in [1.82, 2.24) is 0 Å². The lowest BCUT2D eigenvalue weighted by atomic mass is 9.77. The average molecular weight is 336 g/mol. The number of hydrogen-bond donors (Lipinski definition) is 0.